The van der Waals surface area contributed by atoms with E-state index in [9.17, 15) is 43.9 Å². The molecule has 1 aliphatic rings. The molecule has 204 valence electrons. The number of halogens is 10. The molecule has 0 bridgehead atoms. The number of rotatable bonds is 5. The zero-order valence-electron chi connectivity index (χ0n) is 19.1. The maximum absolute atomic E-state index is 14.7. The van der Waals surface area contributed by atoms with E-state index in [4.69, 9.17) is 9.47 Å². The summed E-state index contributed by atoms with van der Waals surface area (Å²) in [5, 5.41) is 0. The summed E-state index contributed by atoms with van der Waals surface area (Å²) in [7, 11) is 0. The Kier molecular flexibility index (Phi) is 7.36. The smallest absolute Gasteiger partial charge is 0.429 e. The van der Waals surface area contributed by atoms with E-state index in [0.717, 1.165) is 6.07 Å². The number of ether oxygens (including phenoxy) is 3. The van der Waals surface area contributed by atoms with Gasteiger partial charge in [0.25, 0.3) is 0 Å². The average Bonchev–Trinajstić information content (AvgIpc) is 2.79. The van der Waals surface area contributed by atoms with Gasteiger partial charge in [0.15, 0.2) is 17.9 Å². The molecule has 0 radical (unpaired) electrons. The average molecular weight is 554 g/mol. The van der Waals surface area contributed by atoms with Gasteiger partial charge >= 0.3 is 12.3 Å². The zero-order valence-corrected chi connectivity index (χ0v) is 19.1. The Bertz CT molecular complexity index is 1320. The normalized spacial score (nSPS) is 18.5. The van der Waals surface area contributed by atoms with E-state index in [1.54, 1.807) is 6.92 Å². The predicted octanol–water partition coefficient (Wildman–Crippen LogP) is 7.88. The van der Waals surface area contributed by atoms with Gasteiger partial charge in [0, 0.05) is 23.1 Å². The molecule has 4 rings (SSSR count). The first kappa shape index (κ1) is 27.7. The van der Waals surface area contributed by atoms with Crippen LogP contribution in [-0.4, -0.2) is 13.2 Å². The summed E-state index contributed by atoms with van der Waals surface area (Å²) in [5.74, 6) is -9.98. The van der Waals surface area contributed by atoms with E-state index >= 15 is 0 Å². The summed E-state index contributed by atoms with van der Waals surface area (Å²) in [6, 6.07) is 3.55. The highest BCUT2D eigenvalue weighted by atomic mass is 19.4. The maximum atomic E-state index is 14.7. The fourth-order valence-corrected chi connectivity index (χ4v) is 3.75. The molecule has 3 aromatic rings. The predicted molar refractivity (Wildman–Crippen MR) is 111 cm³/mol. The molecular weight excluding hydrogens is 538 g/mol. The van der Waals surface area contributed by atoms with E-state index in [2.05, 4.69) is 4.74 Å². The molecule has 3 nitrogen and oxygen atoms in total. The van der Waals surface area contributed by atoms with Gasteiger partial charge in [-0.15, -0.1) is 0 Å². The molecule has 1 fully saturated rings. The molecule has 0 N–H and O–H groups in total. The van der Waals surface area contributed by atoms with Crippen molar-refractivity contribution in [1.29, 1.82) is 0 Å². The molecule has 1 saturated heterocycles. The summed E-state index contributed by atoms with van der Waals surface area (Å²) in [5.41, 5.74) is -5.47. The van der Waals surface area contributed by atoms with Gasteiger partial charge < -0.3 is 14.2 Å². The van der Waals surface area contributed by atoms with Gasteiger partial charge in [0.2, 0.25) is 0 Å². The van der Waals surface area contributed by atoms with Crippen molar-refractivity contribution in [3.8, 4) is 16.9 Å². The second kappa shape index (κ2) is 10.1. The molecule has 38 heavy (non-hydrogen) atoms. The van der Waals surface area contributed by atoms with E-state index < -0.39 is 81.2 Å². The number of hydrogen-bond acceptors (Lipinski definition) is 3. The van der Waals surface area contributed by atoms with Gasteiger partial charge in [-0.1, -0.05) is 13.0 Å². The molecule has 13 heteroatoms. The molecular formula is C25H16F10O3. The van der Waals surface area contributed by atoms with Crippen LogP contribution in [0, 0.1) is 35.0 Å². The first-order valence-electron chi connectivity index (χ1n) is 10.8. The van der Waals surface area contributed by atoms with Crippen LogP contribution in [0.2, 0.25) is 0 Å². The molecule has 0 atom stereocenters. The van der Waals surface area contributed by atoms with Crippen LogP contribution >= 0.6 is 0 Å². The largest absolute Gasteiger partial charge is 0.429 e. The lowest BCUT2D eigenvalue weighted by molar-refractivity contribution is -0.204. The third kappa shape index (κ3) is 5.44. The zero-order chi connectivity index (χ0) is 28.0. The van der Waals surface area contributed by atoms with E-state index in [0.29, 0.717) is 24.3 Å². The Hall–Kier alpha value is -3.32. The molecule has 1 heterocycles. The van der Waals surface area contributed by atoms with Crippen LogP contribution in [0.4, 0.5) is 43.9 Å². The van der Waals surface area contributed by atoms with Crippen molar-refractivity contribution >= 4 is 0 Å². The van der Waals surface area contributed by atoms with Crippen molar-refractivity contribution in [2.45, 2.75) is 25.5 Å². The minimum atomic E-state index is -5.35. The molecule has 3 aromatic carbocycles. The first-order chi connectivity index (χ1) is 17.7. The summed E-state index contributed by atoms with van der Waals surface area (Å²) in [4.78, 5) is 0. The number of alkyl halides is 5. The first-order valence-corrected chi connectivity index (χ1v) is 10.8. The second-order valence-corrected chi connectivity index (χ2v) is 8.51. The topological polar surface area (TPSA) is 27.7 Å². The van der Waals surface area contributed by atoms with Crippen molar-refractivity contribution in [3.05, 3.63) is 88.2 Å². The summed E-state index contributed by atoms with van der Waals surface area (Å²) < 4.78 is 154. The fraction of sp³-hybridized carbons (Fsp3) is 0.280. The number of benzene rings is 3. The fourth-order valence-electron chi connectivity index (χ4n) is 3.75. The van der Waals surface area contributed by atoms with Crippen LogP contribution in [0.25, 0.3) is 11.1 Å². The van der Waals surface area contributed by atoms with Crippen molar-refractivity contribution in [3.63, 3.8) is 0 Å². The quantitative estimate of drug-likeness (QED) is 0.301. The van der Waals surface area contributed by atoms with Crippen LogP contribution in [-0.2, 0) is 21.8 Å². The third-order valence-corrected chi connectivity index (χ3v) is 5.57. The SMILES string of the molecule is CC1COC(c2ccc(C(F)(F)Oc3ccc(-c4cc(F)c(C(F)(F)F)c(F)c4)c(F)c3)c(F)c2F)OC1. The Balaban J connectivity index is 1.59. The Morgan fingerprint density at radius 1 is 0.763 bits per heavy atom. The highest BCUT2D eigenvalue weighted by Crippen LogP contribution is 2.39. The van der Waals surface area contributed by atoms with Crippen molar-refractivity contribution in [1.82, 2.24) is 0 Å². The van der Waals surface area contributed by atoms with Crippen LogP contribution in [0.1, 0.15) is 29.9 Å². The van der Waals surface area contributed by atoms with Crippen LogP contribution in [0.15, 0.2) is 42.5 Å². The van der Waals surface area contributed by atoms with Gasteiger partial charge in [-0.3, -0.25) is 0 Å². The lowest BCUT2D eigenvalue weighted by atomic mass is 10.0. The maximum Gasteiger partial charge on any atom is 0.429 e. The van der Waals surface area contributed by atoms with Crippen molar-refractivity contribution in [2.24, 2.45) is 5.92 Å². The highest BCUT2D eigenvalue weighted by molar-refractivity contribution is 5.66. The highest BCUT2D eigenvalue weighted by Gasteiger charge is 2.41. The van der Waals surface area contributed by atoms with Crippen LogP contribution in [0.5, 0.6) is 5.75 Å². The molecule has 0 amide bonds. The molecule has 0 aliphatic carbocycles. The van der Waals surface area contributed by atoms with E-state index in [-0.39, 0.29) is 31.3 Å². The molecule has 1 aliphatic heterocycles. The minimum Gasteiger partial charge on any atom is -0.429 e. The minimum absolute atomic E-state index is 0.0137. The summed E-state index contributed by atoms with van der Waals surface area (Å²) in [6.07, 6.45) is -11.2. The van der Waals surface area contributed by atoms with Gasteiger partial charge in [0.1, 0.15) is 34.3 Å². The Morgan fingerprint density at radius 2 is 1.37 bits per heavy atom. The third-order valence-electron chi connectivity index (χ3n) is 5.57. The monoisotopic (exact) mass is 554 g/mol. The lowest BCUT2D eigenvalue weighted by Gasteiger charge is -2.28. The lowest BCUT2D eigenvalue weighted by Crippen LogP contribution is -2.27. The van der Waals surface area contributed by atoms with Gasteiger partial charge in [-0.2, -0.15) is 22.0 Å². The van der Waals surface area contributed by atoms with E-state index in [1.165, 1.54) is 0 Å². The molecule has 0 unspecified atom stereocenters. The Labute approximate surface area is 208 Å². The molecule has 0 spiro atoms. The van der Waals surface area contributed by atoms with Crippen LogP contribution < -0.4 is 4.74 Å². The van der Waals surface area contributed by atoms with Gasteiger partial charge in [-0.25, -0.2) is 22.0 Å². The molecule has 0 aromatic heterocycles. The van der Waals surface area contributed by atoms with Crippen LogP contribution in [0.3, 0.4) is 0 Å². The summed E-state index contributed by atoms with van der Waals surface area (Å²) >= 11 is 0. The van der Waals surface area contributed by atoms with Gasteiger partial charge in [-0.05, 0) is 35.9 Å². The standard InChI is InChI=1S/C25H16F10O3/c1-11-9-36-23(37-10-11)15-4-5-16(22(30)21(15)29)25(34,35)38-13-2-3-14(17(26)8-13)12-6-18(27)20(19(28)7-12)24(31,32)33/h2-8,11,23H,9-10H2,1H3. The van der Waals surface area contributed by atoms with E-state index in [1.807, 2.05) is 0 Å². The Morgan fingerprint density at radius 3 is 1.92 bits per heavy atom. The second-order valence-electron chi connectivity index (χ2n) is 8.51. The number of hydrogen-bond donors (Lipinski definition) is 0. The van der Waals surface area contributed by atoms with Crippen molar-refractivity contribution in [2.75, 3.05) is 13.2 Å². The molecule has 0 saturated carbocycles. The summed E-state index contributed by atoms with van der Waals surface area (Å²) in [6.45, 7) is 2.11. The van der Waals surface area contributed by atoms with Crippen molar-refractivity contribution < 1.29 is 58.1 Å². The van der Waals surface area contributed by atoms with Gasteiger partial charge in [0.05, 0.1) is 13.2 Å².